The Labute approximate surface area is 99.9 Å². The van der Waals surface area contributed by atoms with Gasteiger partial charge in [0.15, 0.2) is 0 Å². The number of nitrogens with zero attached hydrogens (tertiary/aromatic N) is 1. The van der Waals surface area contributed by atoms with Crippen molar-refractivity contribution >= 4 is 23.1 Å². The number of hydrogen-bond donors (Lipinski definition) is 1. The van der Waals surface area contributed by atoms with Crippen molar-refractivity contribution in [1.82, 2.24) is 10.3 Å². The van der Waals surface area contributed by atoms with Crippen LogP contribution < -0.4 is 5.32 Å². The first-order valence-electron chi connectivity index (χ1n) is 5.58. The molecule has 1 aromatic rings. The van der Waals surface area contributed by atoms with Crippen LogP contribution in [0.15, 0.2) is 11.6 Å². The van der Waals surface area contributed by atoms with E-state index in [0.717, 1.165) is 11.7 Å². The van der Waals surface area contributed by atoms with E-state index in [4.69, 9.17) is 0 Å². The minimum absolute atomic E-state index is 0.455. The molecule has 2 heterocycles. The van der Waals surface area contributed by atoms with Crippen LogP contribution in [0.5, 0.6) is 0 Å². The summed E-state index contributed by atoms with van der Waals surface area (Å²) < 4.78 is 0. The first-order chi connectivity index (χ1) is 7.31. The van der Waals surface area contributed by atoms with Gasteiger partial charge in [0.25, 0.3) is 0 Å². The van der Waals surface area contributed by atoms with Gasteiger partial charge in [-0.05, 0) is 18.6 Å². The highest BCUT2D eigenvalue weighted by Crippen LogP contribution is 2.29. The van der Waals surface area contributed by atoms with Crippen LogP contribution in [-0.2, 0) is 0 Å². The molecule has 0 spiro atoms. The van der Waals surface area contributed by atoms with Gasteiger partial charge in [0.2, 0.25) is 0 Å². The summed E-state index contributed by atoms with van der Waals surface area (Å²) in [7, 11) is 0. The van der Waals surface area contributed by atoms with E-state index in [1.165, 1.54) is 17.2 Å². The third kappa shape index (κ3) is 2.74. The average Bonchev–Trinajstić information content (AvgIpc) is 2.86. The van der Waals surface area contributed by atoms with Gasteiger partial charge in [-0.15, -0.1) is 11.3 Å². The summed E-state index contributed by atoms with van der Waals surface area (Å²) in [6, 6.07) is 1.12. The van der Waals surface area contributed by atoms with E-state index in [1.807, 2.05) is 6.20 Å². The van der Waals surface area contributed by atoms with Crippen molar-refractivity contribution in [2.45, 2.75) is 44.0 Å². The van der Waals surface area contributed by atoms with Gasteiger partial charge in [-0.25, -0.2) is 4.98 Å². The first kappa shape index (κ1) is 11.4. The number of thiazole rings is 1. The molecule has 2 nitrogen and oxygen atoms in total. The van der Waals surface area contributed by atoms with Crippen molar-refractivity contribution in [2.75, 3.05) is 5.75 Å². The Hall–Kier alpha value is -0.0600. The summed E-state index contributed by atoms with van der Waals surface area (Å²) in [6.45, 7) is 4.55. The second kappa shape index (κ2) is 5.32. The number of thioether (sulfide) groups is 1. The Morgan fingerprint density at radius 1 is 1.67 bits per heavy atom. The number of aromatic nitrogens is 1. The molecule has 3 unspecified atom stereocenters. The Balaban J connectivity index is 1.96. The molecule has 1 aliphatic heterocycles. The van der Waals surface area contributed by atoms with Crippen molar-refractivity contribution in [3.05, 3.63) is 16.6 Å². The second-order valence-corrected chi connectivity index (χ2v) is 6.38. The van der Waals surface area contributed by atoms with E-state index in [2.05, 4.69) is 41.3 Å². The summed E-state index contributed by atoms with van der Waals surface area (Å²) in [5, 5.41) is 7.79. The summed E-state index contributed by atoms with van der Waals surface area (Å²) in [6.07, 6.45) is 4.33. The smallest absolute Gasteiger partial charge is 0.109 e. The van der Waals surface area contributed by atoms with Gasteiger partial charge >= 0.3 is 0 Å². The van der Waals surface area contributed by atoms with E-state index in [0.29, 0.717) is 12.1 Å². The molecule has 0 saturated carbocycles. The molecule has 1 fully saturated rings. The molecule has 0 aromatic carbocycles. The van der Waals surface area contributed by atoms with Crippen molar-refractivity contribution in [3.8, 4) is 0 Å². The summed E-state index contributed by atoms with van der Waals surface area (Å²) >= 11 is 3.84. The lowest BCUT2D eigenvalue weighted by Gasteiger charge is -2.22. The van der Waals surface area contributed by atoms with E-state index in [1.54, 1.807) is 11.3 Å². The molecule has 0 aliphatic carbocycles. The molecule has 1 saturated heterocycles. The third-order valence-corrected chi connectivity index (χ3v) is 5.16. The number of hydrogen-bond acceptors (Lipinski definition) is 4. The molecule has 1 aromatic heterocycles. The van der Waals surface area contributed by atoms with Crippen molar-refractivity contribution in [1.29, 1.82) is 0 Å². The zero-order valence-corrected chi connectivity index (χ0v) is 10.9. The average molecular weight is 242 g/mol. The van der Waals surface area contributed by atoms with Crippen LogP contribution in [0.25, 0.3) is 0 Å². The largest absolute Gasteiger partial charge is 0.304 e. The van der Waals surface area contributed by atoms with Gasteiger partial charge < -0.3 is 5.32 Å². The number of nitrogens with one attached hydrogen (secondary N) is 1. The van der Waals surface area contributed by atoms with Gasteiger partial charge in [0.05, 0.1) is 6.04 Å². The molecular weight excluding hydrogens is 224 g/mol. The van der Waals surface area contributed by atoms with Crippen LogP contribution in [-0.4, -0.2) is 22.0 Å². The lowest BCUT2D eigenvalue weighted by molar-refractivity contribution is 0.424. The maximum Gasteiger partial charge on any atom is 0.109 e. The zero-order chi connectivity index (χ0) is 10.7. The third-order valence-electron chi connectivity index (χ3n) is 2.95. The van der Waals surface area contributed by atoms with Gasteiger partial charge in [-0.1, -0.05) is 13.8 Å². The first-order valence-corrected chi connectivity index (χ1v) is 7.51. The number of rotatable bonds is 4. The van der Waals surface area contributed by atoms with Crippen molar-refractivity contribution < 1.29 is 0 Å². The SMILES string of the molecule is CCC(NC1CCSC1C)c1nccs1. The Bertz CT molecular complexity index is 287. The molecule has 4 heteroatoms. The predicted octanol–water partition coefficient (Wildman–Crippen LogP) is 3.08. The monoisotopic (exact) mass is 242 g/mol. The molecule has 0 radical (unpaired) electrons. The zero-order valence-electron chi connectivity index (χ0n) is 9.27. The van der Waals surface area contributed by atoms with Crippen LogP contribution in [0.1, 0.15) is 37.7 Å². The van der Waals surface area contributed by atoms with Crippen molar-refractivity contribution in [3.63, 3.8) is 0 Å². The molecule has 0 bridgehead atoms. The fraction of sp³-hybridized carbons (Fsp3) is 0.727. The van der Waals surface area contributed by atoms with Crippen LogP contribution in [0.2, 0.25) is 0 Å². The maximum absolute atomic E-state index is 4.40. The fourth-order valence-corrected chi connectivity index (χ4v) is 3.97. The fourth-order valence-electron chi connectivity index (χ4n) is 1.98. The molecule has 0 amide bonds. The quantitative estimate of drug-likeness (QED) is 0.878. The normalized spacial score (nSPS) is 28.1. The van der Waals surface area contributed by atoms with Gasteiger partial charge in [-0.3, -0.25) is 0 Å². The molecule has 15 heavy (non-hydrogen) atoms. The Kier molecular flexibility index (Phi) is 4.05. The second-order valence-electron chi connectivity index (χ2n) is 3.97. The van der Waals surface area contributed by atoms with E-state index < -0.39 is 0 Å². The van der Waals surface area contributed by atoms with E-state index in [9.17, 15) is 0 Å². The molecule has 3 atom stereocenters. The van der Waals surface area contributed by atoms with Crippen LogP contribution in [0.4, 0.5) is 0 Å². The van der Waals surface area contributed by atoms with E-state index in [-0.39, 0.29) is 0 Å². The minimum Gasteiger partial charge on any atom is -0.304 e. The highest BCUT2D eigenvalue weighted by atomic mass is 32.2. The highest BCUT2D eigenvalue weighted by molar-refractivity contribution is 8.00. The summed E-state index contributed by atoms with van der Waals surface area (Å²) in [5.74, 6) is 1.30. The van der Waals surface area contributed by atoms with Gasteiger partial charge in [-0.2, -0.15) is 11.8 Å². The maximum atomic E-state index is 4.40. The molecule has 1 aliphatic rings. The Morgan fingerprint density at radius 3 is 3.07 bits per heavy atom. The lowest BCUT2D eigenvalue weighted by Crippen LogP contribution is -2.36. The van der Waals surface area contributed by atoms with Crippen LogP contribution in [0.3, 0.4) is 0 Å². The van der Waals surface area contributed by atoms with Gasteiger partial charge in [0.1, 0.15) is 5.01 Å². The highest BCUT2D eigenvalue weighted by Gasteiger charge is 2.26. The van der Waals surface area contributed by atoms with E-state index >= 15 is 0 Å². The molecule has 84 valence electrons. The van der Waals surface area contributed by atoms with Crippen LogP contribution >= 0.6 is 23.1 Å². The predicted molar refractivity (Wildman–Crippen MR) is 68.6 cm³/mol. The summed E-state index contributed by atoms with van der Waals surface area (Å²) in [4.78, 5) is 4.40. The van der Waals surface area contributed by atoms with Crippen molar-refractivity contribution in [2.24, 2.45) is 0 Å². The molecule has 2 rings (SSSR count). The van der Waals surface area contributed by atoms with Gasteiger partial charge in [0, 0.05) is 22.9 Å². The Morgan fingerprint density at radius 2 is 2.53 bits per heavy atom. The molecule has 1 N–H and O–H groups in total. The standard InChI is InChI=1S/C11H18N2S2/c1-3-9(11-12-5-7-15-11)13-10-4-6-14-8(10)2/h5,7-10,13H,3-4,6H2,1-2H3. The molecular formula is C11H18N2S2. The minimum atomic E-state index is 0.455. The topological polar surface area (TPSA) is 24.9 Å². The lowest BCUT2D eigenvalue weighted by atomic mass is 10.1. The van der Waals surface area contributed by atoms with Crippen LogP contribution in [0, 0.1) is 0 Å². The summed E-state index contributed by atoms with van der Waals surface area (Å²) in [5.41, 5.74) is 0.